The van der Waals surface area contributed by atoms with E-state index in [1.807, 2.05) is 0 Å². The van der Waals surface area contributed by atoms with Crippen LogP contribution in [0.3, 0.4) is 0 Å². The van der Waals surface area contributed by atoms with Crippen LogP contribution in [0, 0.1) is 0 Å². The normalized spacial score (nSPS) is 10.8. The highest BCUT2D eigenvalue weighted by Gasteiger charge is 2.08. The van der Waals surface area contributed by atoms with E-state index < -0.39 is 0 Å². The number of hydrogen-bond donors (Lipinski definition) is 4. The molecule has 0 bridgehead atoms. The Hall–Kier alpha value is -1.93. The molecule has 0 saturated heterocycles. The number of fused-ring (bicyclic) bond motifs is 1. The van der Waals surface area contributed by atoms with E-state index in [0.29, 0.717) is 11.6 Å². The molecule has 2 aromatic heterocycles. The number of nitrogens with zero attached hydrogens (tertiary/aromatic N) is 3. The summed E-state index contributed by atoms with van der Waals surface area (Å²) in [5.74, 6) is 6.43. The van der Waals surface area contributed by atoms with Crippen LogP contribution in [0.4, 0.5) is 11.8 Å². The van der Waals surface area contributed by atoms with Crippen molar-refractivity contribution in [1.29, 1.82) is 0 Å². The summed E-state index contributed by atoms with van der Waals surface area (Å²) in [4.78, 5) is 8.44. The summed E-state index contributed by atoms with van der Waals surface area (Å²) in [7, 11) is 1.72. The van der Waals surface area contributed by atoms with Gasteiger partial charge in [-0.25, -0.2) is 5.84 Å². The van der Waals surface area contributed by atoms with Crippen LogP contribution >= 0.6 is 0 Å². The number of nitrogens with one attached hydrogen (secondary N) is 3. The van der Waals surface area contributed by atoms with Crippen molar-refractivity contribution in [3.05, 3.63) is 6.20 Å². The molecule has 0 aromatic carbocycles. The lowest BCUT2D eigenvalue weighted by molar-refractivity contribution is 0.192. The molecule has 8 nitrogen and oxygen atoms in total. The van der Waals surface area contributed by atoms with Gasteiger partial charge in [0.2, 0.25) is 5.95 Å². The van der Waals surface area contributed by atoms with Gasteiger partial charge in [0, 0.05) is 20.3 Å². The Labute approximate surface area is 111 Å². The van der Waals surface area contributed by atoms with Crippen LogP contribution in [0.5, 0.6) is 0 Å². The van der Waals surface area contributed by atoms with Gasteiger partial charge >= 0.3 is 0 Å². The zero-order chi connectivity index (χ0) is 13.5. The Morgan fingerprint density at radius 2 is 2.21 bits per heavy atom. The minimum absolute atomic E-state index is 0.360. The zero-order valence-electron chi connectivity index (χ0n) is 10.9. The number of H-pyrrole nitrogens is 1. The summed E-state index contributed by atoms with van der Waals surface area (Å²) >= 11 is 0. The van der Waals surface area contributed by atoms with E-state index in [4.69, 9.17) is 10.6 Å². The van der Waals surface area contributed by atoms with Gasteiger partial charge < -0.3 is 10.1 Å². The van der Waals surface area contributed by atoms with Gasteiger partial charge in [-0.2, -0.15) is 15.1 Å². The number of nitrogen functional groups attached to an aromatic ring is 1. The number of hydrazine groups is 1. The van der Waals surface area contributed by atoms with Crippen molar-refractivity contribution in [3.63, 3.8) is 0 Å². The minimum Gasteiger partial charge on any atom is -0.385 e. The second kappa shape index (κ2) is 6.86. The molecule has 0 aliphatic rings. The summed E-state index contributed by atoms with van der Waals surface area (Å²) in [6.45, 7) is 1.64. The minimum atomic E-state index is 0.360. The number of aromatic nitrogens is 4. The van der Waals surface area contributed by atoms with E-state index in [1.165, 1.54) is 0 Å². The van der Waals surface area contributed by atoms with Crippen molar-refractivity contribution in [1.82, 2.24) is 20.2 Å². The maximum absolute atomic E-state index is 5.34. The quantitative estimate of drug-likeness (QED) is 0.318. The van der Waals surface area contributed by atoms with Gasteiger partial charge in [0.25, 0.3) is 0 Å². The summed E-state index contributed by atoms with van der Waals surface area (Å²) in [5.41, 5.74) is 3.10. The highest BCUT2D eigenvalue weighted by Crippen LogP contribution is 2.19. The smallest absolute Gasteiger partial charge is 0.241 e. The van der Waals surface area contributed by atoms with Gasteiger partial charge in [-0.05, 0) is 19.3 Å². The van der Waals surface area contributed by atoms with Gasteiger partial charge in [-0.1, -0.05) is 0 Å². The molecule has 0 saturated carbocycles. The van der Waals surface area contributed by atoms with Crippen LogP contribution in [0.1, 0.15) is 19.3 Å². The van der Waals surface area contributed by atoms with Gasteiger partial charge in [0.05, 0.1) is 11.6 Å². The number of hydrogen-bond acceptors (Lipinski definition) is 7. The molecule has 0 atom stereocenters. The lowest BCUT2D eigenvalue weighted by atomic mass is 10.2. The SMILES string of the molecule is COCCCCCNc1nc(NN)nc2[nH]ncc12. The molecule has 0 amide bonds. The Morgan fingerprint density at radius 1 is 1.32 bits per heavy atom. The van der Waals surface area contributed by atoms with E-state index >= 15 is 0 Å². The van der Waals surface area contributed by atoms with E-state index in [1.54, 1.807) is 13.3 Å². The van der Waals surface area contributed by atoms with Crippen LogP contribution in [-0.2, 0) is 4.74 Å². The average molecular weight is 265 g/mol. The third kappa shape index (κ3) is 3.52. The van der Waals surface area contributed by atoms with Crippen molar-refractivity contribution in [2.75, 3.05) is 31.0 Å². The lowest BCUT2D eigenvalue weighted by Crippen LogP contribution is -2.12. The van der Waals surface area contributed by atoms with Crippen molar-refractivity contribution >= 4 is 22.8 Å². The highest BCUT2D eigenvalue weighted by atomic mass is 16.5. The molecule has 19 heavy (non-hydrogen) atoms. The van der Waals surface area contributed by atoms with E-state index in [-0.39, 0.29) is 0 Å². The molecular weight excluding hydrogens is 246 g/mol. The highest BCUT2D eigenvalue weighted by molar-refractivity contribution is 5.86. The number of anilines is 2. The predicted molar refractivity (Wildman–Crippen MR) is 73.7 cm³/mol. The van der Waals surface area contributed by atoms with Crippen molar-refractivity contribution in [3.8, 4) is 0 Å². The molecule has 0 spiro atoms. The summed E-state index contributed by atoms with van der Waals surface area (Å²) in [6.07, 6.45) is 4.93. The maximum atomic E-state index is 5.34. The Morgan fingerprint density at radius 3 is 3.00 bits per heavy atom. The second-order valence-electron chi connectivity index (χ2n) is 4.15. The maximum Gasteiger partial charge on any atom is 0.241 e. The molecule has 0 aliphatic carbocycles. The van der Waals surface area contributed by atoms with Gasteiger partial charge in [-0.15, -0.1) is 0 Å². The van der Waals surface area contributed by atoms with Crippen LogP contribution in [0.15, 0.2) is 6.20 Å². The van der Waals surface area contributed by atoms with E-state index in [2.05, 4.69) is 30.9 Å². The van der Waals surface area contributed by atoms with Gasteiger partial charge in [0.1, 0.15) is 5.82 Å². The summed E-state index contributed by atoms with van der Waals surface area (Å²) in [6, 6.07) is 0. The molecular formula is C11H19N7O. The molecule has 0 unspecified atom stereocenters. The second-order valence-corrected chi connectivity index (χ2v) is 4.15. The Kier molecular flexibility index (Phi) is 4.87. The molecule has 5 N–H and O–H groups in total. The third-order valence-electron chi connectivity index (χ3n) is 2.76. The predicted octanol–water partition coefficient (Wildman–Crippen LogP) is 0.867. The number of rotatable bonds is 8. The van der Waals surface area contributed by atoms with Crippen LogP contribution < -0.4 is 16.6 Å². The van der Waals surface area contributed by atoms with Crippen molar-refractivity contribution in [2.45, 2.75) is 19.3 Å². The standard InChI is InChI=1S/C11H19N7O/c1-19-6-4-2-3-5-13-9-8-7-14-18-10(8)16-11(15-9)17-12/h7H,2-6,12H2,1H3,(H3,13,14,15,16,17,18). The fourth-order valence-corrected chi connectivity index (χ4v) is 1.79. The van der Waals surface area contributed by atoms with E-state index in [0.717, 1.165) is 43.6 Å². The average Bonchev–Trinajstić information content (AvgIpc) is 2.90. The molecule has 2 aromatic rings. The van der Waals surface area contributed by atoms with Gasteiger partial charge in [-0.3, -0.25) is 10.5 Å². The Bertz CT molecular complexity index is 513. The molecule has 104 valence electrons. The Balaban J connectivity index is 1.93. The molecule has 0 radical (unpaired) electrons. The van der Waals surface area contributed by atoms with Gasteiger partial charge in [0.15, 0.2) is 5.65 Å². The first-order valence-corrected chi connectivity index (χ1v) is 6.25. The fraction of sp³-hybridized carbons (Fsp3) is 0.545. The number of aromatic amines is 1. The van der Waals surface area contributed by atoms with Crippen molar-refractivity contribution < 1.29 is 4.74 Å². The lowest BCUT2D eigenvalue weighted by Gasteiger charge is -2.07. The summed E-state index contributed by atoms with van der Waals surface area (Å²) < 4.78 is 5.01. The molecule has 0 fully saturated rings. The first-order valence-electron chi connectivity index (χ1n) is 6.25. The number of ether oxygens (including phenoxy) is 1. The topological polar surface area (TPSA) is 114 Å². The zero-order valence-corrected chi connectivity index (χ0v) is 10.9. The van der Waals surface area contributed by atoms with Crippen LogP contribution in [0.2, 0.25) is 0 Å². The first-order chi connectivity index (χ1) is 9.35. The fourth-order valence-electron chi connectivity index (χ4n) is 1.79. The third-order valence-corrected chi connectivity index (χ3v) is 2.76. The summed E-state index contributed by atoms with van der Waals surface area (Å²) in [5, 5.41) is 10.9. The molecule has 2 rings (SSSR count). The molecule has 0 aliphatic heterocycles. The molecule has 2 heterocycles. The van der Waals surface area contributed by atoms with E-state index in [9.17, 15) is 0 Å². The monoisotopic (exact) mass is 265 g/mol. The largest absolute Gasteiger partial charge is 0.385 e. The first kappa shape index (κ1) is 13.5. The number of unbranched alkanes of at least 4 members (excludes halogenated alkanes) is 2. The van der Waals surface area contributed by atoms with Crippen LogP contribution in [0.25, 0.3) is 11.0 Å². The van der Waals surface area contributed by atoms with Crippen LogP contribution in [-0.4, -0.2) is 40.4 Å². The number of nitrogens with two attached hydrogens (primary N) is 1. The number of methoxy groups -OCH3 is 1. The van der Waals surface area contributed by atoms with Crippen molar-refractivity contribution in [2.24, 2.45) is 5.84 Å². The molecule has 8 heteroatoms.